The molecule has 0 unspecified atom stereocenters. The second-order valence-electron chi connectivity index (χ2n) is 6.46. The Kier molecular flexibility index (Phi) is 2.82. The van der Waals surface area contributed by atoms with Crippen LogP contribution in [-0.2, 0) is 10.8 Å². The molecule has 0 aliphatic heterocycles. The molecule has 94 valence electrons. The van der Waals surface area contributed by atoms with Crippen LogP contribution in [0.2, 0.25) is 0 Å². The first-order valence-electron chi connectivity index (χ1n) is 6.97. The Hall–Kier alpha value is -0.360. The molecule has 17 heavy (non-hydrogen) atoms. The van der Waals surface area contributed by atoms with Gasteiger partial charge in [0.2, 0.25) is 0 Å². The van der Waals surface area contributed by atoms with Crippen molar-refractivity contribution in [2.75, 3.05) is 0 Å². The molecule has 1 heterocycles. The van der Waals surface area contributed by atoms with Crippen molar-refractivity contribution in [2.24, 2.45) is 0 Å². The maximum absolute atomic E-state index is 5.72. The first kappa shape index (κ1) is 11.7. The number of hydrogen-bond acceptors (Lipinski definition) is 2. The lowest BCUT2D eigenvalue weighted by atomic mass is 9.90. The zero-order chi connectivity index (χ0) is 11.9. The lowest BCUT2D eigenvalue weighted by Crippen LogP contribution is -2.16. The average Bonchev–Trinajstić information content (AvgIpc) is 2.97. The second-order valence-corrected chi connectivity index (χ2v) is 7.51. The van der Waals surface area contributed by atoms with E-state index in [9.17, 15) is 0 Å². The van der Waals surface area contributed by atoms with Crippen molar-refractivity contribution < 1.29 is 4.52 Å². The van der Waals surface area contributed by atoms with Gasteiger partial charge in [-0.3, -0.25) is 0 Å². The third-order valence-corrected chi connectivity index (χ3v) is 6.55. The molecule has 3 heteroatoms. The second kappa shape index (κ2) is 4.09. The third-order valence-electron chi connectivity index (χ3n) is 4.90. The lowest BCUT2D eigenvalue weighted by molar-refractivity contribution is 0.299. The van der Waals surface area contributed by atoms with Crippen LogP contribution < -0.4 is 0 Å². The van der Waals surface area contributed by atoms with Crippen molar-refractivity contribution in [3.63, 3.8) is 0 Å². The summed E-state index contributed by atoms with van der Waals surface area (Å²) in [5.74, 6) is 0. The summed E-state index contributed by atoms with van der Waals surface area (Å²) < 4.78 is 5.72. The maximum Gasteiger partial charge on any atom is 0.168 e. The topological polar surface area (TPSA) is 26.0 Å². The van der Waals surface area contributed by atoms with Crippen LogP contribution in [0.15, 0.2) is 4.52 Å². The Morgan fingerprint density at radius 2 is 1.47 bits per heavy atom. The van der Waals surface area contributed by atoms with E-state index in [0.717, 1.165) is 0 Å². The fourth-order valence-electron chi connectivity index (χ4n) is 3.46. The number of rotatable bonds is 2. The monoisotopic (exact) mass is 251 g/mol. The van der Waals surface area contributed by atoms with Gasteiger partial charge in [0.05, 0.1) is 0 Å². The predicted octanol–water partition coefficient (Wildman–Crippen LogP) is 4.92. The Morgan fingerprint density at radius 1 is 0.941 bits per heavy atom. The van der Waals surface area contributed by atoms with E-state index in [2.05, 4.69) is 19.0 Å². The summed E-state index contributed by atoms with van der Waals surface area (Å²) in [5, 5.41) is 4.43. The van der Waals surface area contributed by atoms with Gasteiger partial charge >= 0.3 is 0 Å². The molecule has 0 radical (unpaired) electrons. The maximum atomic E-state index is 5.72. The summed E-state index contributed by atoms with van der Waals surface area (Å²) in [7, 11) is 1.30. The van der Waals surface area contributed by atoms with Gasteiger partial charge < -0.3 is 4.52 Å². The molecule has 0 amide bonds. The molecule has 0 spiro atoms. The number of aromatic nitrogens is 1. The van der Waals surface area contributed by atoms with Gasteiger partial charge in [0.1, 0.15) is 5.43 Å². The van der Waals surface area contributed by atoms with Gasteiger partial charge in [-0.25, -0.2) is 0 Å². The fourth-order valence-corrected chi connectivity index (χ4v) is 4.80. The summed E-state index contributed by atoms with van der Waals surface area (Å²) in [6, 6.07) is 0. The van der Waals surface area contributed by atoms with Gasteiger partial charge in [-0.2, -0.15) is 0 Å². The van der Waals surface area contributed by atoms with Crippen molar-refractivity contribution >= 4 is 8.19 Å². The van der Waals surface area contributed by atoms with Crippen molar-refractivity contribution in [3.05, 3.63) is 10.9 Å². The molecule has 2 saturated carbocycles. The smallest absolute Gasteiger partial charge is 0.168 e. The normalized spacial score (nSPS) is 26.9. The minimum Gasteiger partial charge on any atom is -0.355 e. The molecule has 0 aromatic carbocycles. The van der Waals surface area contributed by atoms with Crippen molar-refractivity contribution in [3.8, 4) is 0 Å². The number of hydrogen-bond donors (Lipinski definition) is 0. The van der Waals surface area contributed by atoms with Gasteiger partial charge in [0.25, 0.3) is 0 Å². The molecular weight excluding hydrogens is 229 g/mol. The molecule has 0 saturated heterocycles. The molecule has 3 rings (SSSR count). The van der Waals surface area contributed by atoms with E-state index in [4.69, 9.17) is 4.52 Å². The highest BCUT2D eigenvalue weighted by Crippen LogP contribution is 2.49. The van der Waals surface area contributed by atoms with Crippen LogP contribution in [0.5, 0.6) is 0 Å². The molecule has 1 aromatic rings. The van der Waals surface area contributed by atoms with Crippen molar-refractivity contribution in [1.82, 2.24) is 5.16 Å². The molecule has 2 nitrogen and oxygen atoms in total. The van der Waals surface area contributed by atoms with Crippen LogP contribution in [0.25, 0.3) is 0 Å². The highest BCUT2D eigenvalue weighted by molar-refractivity contribution is 7.31. The predicted molar refractivity (Wildman–Crippen MR) is 70.7 cm³/mol. The summed E-state index contributed by atoms with van der Waals surface area (Å²) in [5.41, 5.74) is 3.18. The van der Waals surface area contributed by atoms with E-state index >= 15 is 0 Å². The van der Waals surface area contributed by atoms with Gasteiger partial charge in [-0.15, -0.1) is 0 Å². The summed E-state index contributed by atoms with van der Waals surface area (Å²) >= 11 is 0. The quantitative estimate of drug-likeness (QED) is 0.745. The molecule has 2 aliphatic carbocycles. The molecule has 2 aliphatic rings. The molecule has 1 aromatic heterocycles. The summed E-state index contributed by atoms with van der Waals surface area (Å²) in [4.78, 5) is 0. The summed E-state index contributed by atoms with van der Waals surface area (Å²) in [6.07, 6.45) is 10.6. The zero-order valence-electron chi connectivity index (χ0n) is 11.0. The first-order valence-corrected chi connectivity index (χ1v) is 7.87. The average molecular weight is 251 g/mol. The fraction of sp³-hybridized carbons (Fsp3) is 0.857. The van der Waals surface area contributed by atoms with Gasteiger partial charge in [-0.1, -0.05) is 44.7 Å². The lowest BCUT2D eigenvalue weighted by Gasteiger charge is -2.20. The van der Waals surface area contributed by atoms with Crippen LogP contribution in [0.1, 0.15) is 76.1 Å². The first-order chi connectivity index (χ1) is 8.12. The Bertz CT molecular complexity index is 364. The SMILES string of the molecule is CC1(c2noc(C3(C)CCCC3)p2)CCCC1. The summed E-state index contributed by atoms with van der Waals surface area (Å²) in [6.45, 7) is 4.73. The van der Waals surface area contributed by atoms with E-state index in [1.54, 1.807) is 0 Å². The van der Waals surface area contributed by atoms with Crippen LogP contribution >= 0.6 is 8.19 Å². The minimum absolute atomic E-state index is 0.307. The van der Waals surface area contributed by atoms with Crippen LogP contribution in [0.4, 0.5) is 0 Å². The number of nitrogens with zero attached hydrogens (tertiary/aromatic N) is 1. The van der Waals surface area contributed by atoms with Gasteiger partial charge in [0.15, 0.2) is 5.49 Å². The van der Waals surface area contributed by atoms with Crippen molar-refractivity contribution in [1.29, 1.82) is 0 Å². The van der Waals surface area contributed by atoms with Crippen LogP contribution in [-0.4, -0.2) is 5.16 Å². The molecule has 2 fully saturated rings. The van der Waals surface area contributed by atoms with E-state index in [-0.39, 0.29) is 0 Å². The third kappa shape index (κ3) is 1.95. The highest BCUT2D eigenvalue weighted by Gasteiger charge is 2.39. The largest absolute Gasteiger partial charge is 0.355 e. The molecule has 0 N–H and O–H groups in total. The van der Waals surface area contributed by atoms with Gasteiger partial charge in [0, 0.05) is 10.8 Å². The van der Waals surface area contributed by atoms with Crippen LogP contribution in [0.3, 0.4) is 0 Å². The zero-order valence-corrected chi connectivity index (χ0v) is 11.9. The van der Waals surface area contributed by atoms with Gasteiger partial charge in [-0.05, 0) is 33.9 Å². The van der Waals surface area contributed by atoms with E-state index in [1.165, 1.54) is 70.5 Å². The molecule has 0 bridgehead atoms. The highest BCUT2D eigenvalue weighted by atomic mass is 31.0. The molecular formula is C14H22NOP. The van der Waals surface area contributed by atoms with Crippen LogP contribution in [0, 0.1) is 0 Å². The minimum atomic E-state index is 0.307. The Balaban J connectivity index is 1.87. The Morgan fingerprint density at radius 3 is 2.06 bits per heavy atom. The Labute approximate surface area is 105 Å². The molecule has 0 atom stereocenters. The van der Waals surface area contributed by atoms with E-state index < -0.39 is 0 Å². The van der Waals surface area contributed by atoms with E-state index in [0.29, 0.717) is 10.8 Å². The van der Waals surface area contributed by atoms with Crippen molar-refractivity contribution in [2.45, 2.75) is 76.0 Å². The standard InChI is InChI=1S/C14H22NOP/c1-13(7-3-4-8-13)11-15-16-12(17-11)14(2)9-5-6-10-14/h3-10H2,1-2H3. The van der Waals surface area contributed by atoms with E-state index in [1.807, 2.05) is 0 Å².